The van der Waals surface area contributed by atoms with E-state index in [0.717, 1.165) is 41.2 Å². The van der Waals surface area contributed by atoms with Gasteiger partial charge in [-0.05, 0) is 60.9 Å². The average molecular weight is 408 g/mol. The SMILES string of the molecule is CCCOc1ccc([C@H]2C=C(c3ccc(F)cc3)Nc3ncnn32)c(OCCC)c1. The molecule has 7 heteroatoms. The van der Waals surface area contributed by atoms with E-state index in [1.54, 1.807) is 12.1 Å². The van der Waals surface area contributed by atoms with E-state index in [1.165, 1.54) is 18.5 Å². The second-order valence-corrected chi connectivity index (χ2v) is 7.08. The summed E-state index contributed by atoms with van der Waals surface area (Å²) in [5.41, 5.74) is 2.67. The number of ether oxygens (including phenoxy) is 2. The molecule has 0 aliphatic carbocycles. The van der Waals surface area contributed by atoms with Crippen molar-refractivity contribution in [1.29, 1.82) is 0 Å². The van der Waals surface area contributed by atoms with Gasteiger partial charge in [-0.25, -0.2) is 9.07 Å². The van der Waals surface area contributed by atoms with Gasteiger partial charge in [-0.1, -0.05) is 13.8 Å². The van der Waals surface area contributed by atoms with Gasteiger partial charge >= 0.3 is 0 Å². The highest BCUT2D eigenvalue weighted by molar-refractivity contribution is 5.77. The summed E-state index contributed by atoms with van der Waals surface area (Å²) in [6.07, 6.45) is 5.40. The number of fused-ring (bicyclic) bond motifs is 1. The van der Waals surface area contributed by atoms with Crippen molar-refractivity contribution in [2.45, 2.75) is 32.7 Å². The summed E-state index contributed by atoms with van der Waals surface area (Å²) in [6, 6.07) is 12.1. The number of hydrogen-bond donors (Lipinski definition) is 1. The molecule has 0 saturated heterocycles. The van der Waals surface area contributed by atoms with Gasteiger partial charge in [0.1, 0.15) is 29.7 Å². The Kier molecular flexibility index (Phi) is 5.97. The number of hydrogen-bond acceptors (Lipinski definition) is 5. The summed E-state index contributed by atoms with van der Waals surface area (Å²) < 4.78 is 27.1. The van der Waals surface area contributed by atoms with Crippen molar-refractivity contribution in [2.24, 2.45) is 0 Å². The number of aromatic nitrogens is 3. The number of nitrogens with zero attached hydrogens (tertiary/aromatic N) is 3. The first-order valence-electron chi connectivity index (χ1n) is 10.2. The van der Waals surface area contributed by atoms with E-state index in [9.17, 15) is 4.39 Å². The zero-order chi connectivity index (χ0) is 20.9. The summed E-state index contributed by atoms with van der Waals surface area (Å²) >= 11 is 0. The highest BCUT2D eigenvalue weighted by atomic mass is 19.1. The van der Waals surface area contributed by atoms with Crippen LogP contribution in [0, 0.1) is 5.82 Å². The van der Waals surface area contributed by atoms with Crippen LogP contribution in [0.3, 0.4) is 0 Å². The lowest BCUT2D eigenvalue weighted by Crippen LogP contribution is -2.21. The van der Waals surface area contributed by atoms with E-state index in [4.69, 9.17) is 9.47 Å². The number of benzene rings is 2. The van der Waals surface area contributed by atoms with E-state index < -0.39 is 0 Å². The fraction of sp³-hybridized carbons (Fsp3) is 0.304. The Morgan fingerprint density at radius 2 is 1.80 bits per heavy atom. The number of rotatable bonds is 8. The highest BCUT2D eigenvalue weighted by Gasteiger charge is 2.26. The first-order valence-corrected chi connectivity index (χ1v) is 10.2. The number of nitrogens with one attached hydrogen (secondary N) is 1. The Bertz CT molecular complexity index is 1030. The smallest absolute Gasteiger partial charge is 0.226 e. The highest BCUT2D eigenvalue weighted by Crippen LogP contribution is 2.38. The maximum atomic E-state index is 13.4. The molecule has 0 fully saturated rings. The molecule has 0 amide bonds. The van der Waals surface area contributed by atoms with Gasteiger partial charge < -0.3 is 14.8 Å². The third-order valence-corrected chi connectivity index (χ3v) is 4.80. The molecule has 1 atom stereocenters. The third kappa shape index (κ3) is 4.15. The summed E-state index contributed by atoms with van der Waals surface area (Å²) in [5, 5.41) is 7.68. The molecule has 156 valence electrons. The quantitative estimate of drug-likeness (QED) is 0.565. The van der Waals surface area contributed by atoms with Crippen LogP contribution in [0.5, 0.6) is 11.5 Å². The summed E-state index contributed by atoms with van der Waals surface area (Å²) in [7, 11) is 0. The molecular formula is C23H25FN4O2. The molecule has 30 heavy (non-hydrogen) atoms. The van der Waals surface area contributed by atoms with Gasteiger partial charge in [0.05, 0.1) is 13.2 Å². The van der Waals surface area contributed by atoms with E-state index >= 15 is 0 Å². The minimum Gasteiger partial charge on any atom is -0.493 e. The fourth-order valence-corrected chi connectivity index (χ4v) is 3.36. The molecule has 4 rings (SSSR count). The zero-order valence-corrected chi connectivity index (χ0v) is 17.1. The van der Waals surface area contributed by atoms with Crippen molar-refractivity contribution in [2.75, 3.05) is 18.5 Å². The Labute approximate surface area is 175 Å². The van der Waals surface area contributed by atoms with Crippen molar-refractivity contribution >= 4 is 11.6 Å². The van der Waals surface area contributed by atoms with Crippen molar-refractivity contribution in [3.63, 3.8) is 0 Å². The number of allylic oxidation sites excluding steroid dienone is 1. The van der Waals surface area contributed by atoms with Crippen molar-refractivity contribution < 1.29 is 13.9 Å². The summed E-state index contributed by atoms with van der Waals surface area (Å²) in [5.74, 6) is 1.89. The van der Waals surface area contributed by atoms with Crippen LogP contribution < -0.4 is 14.8 Å². The largest absolute Gasteiger partial charge is 0.493 e. The van der Waals surface area contributed by atoms with E-state index in [2.05, 4.69) is 35.3 Å². The molecule has 0 saturated carbocycles. The van der Waals surface area contributed by atoms with Crippen LogP contribution >= 0.6 is 0 Å². The Morgan fingerprint density at radius 1 is 1.03 bits per heavy atom. The lowest BCUT2D eigenvalue weighted by molar-refractivity contribution is 0.298. The van der Waals surface area contributed by atoms with Crippen molar-refractivity contribution in [3.8, 4) is 11.5 Å². The first-order chi connectivity index (χ1) is 14.7. The van der Waals surface area contributed by atoms with Crippen LogP contribution in [0.4, 0.5) is 10.3 Å². The molecule has 1 aliphatic rings. The third-order valence-electron chi connectivity index (χ3n) is 4.80. The second kappa shape index (κ2) is 8.98. The maximum absolute atomic E-state index is 13.4. The lowest BCUT2D eigenvalue weighted by Gasteiger charge is -2.26. The topological polar surface area (TPSA) is 61.2 Å². The van der Waals surface area contributed by atoms with Crippen molar-refractivity contribution in [1.82, 2.24) is 14.8 Å². The van der Waals surface area contributed by atoms with Crippen LogP contribution in [0.1, 0.15) is 43.9 Å². The summed E-state index contributed by atoms with van der Waals surface area (Å²) in [4.78, 5) is 4.34. The van der Waals surface area contributed by atoms with E-state index in [1.807, 2.05) is 22.9 Å². The molecule has 2 heterocycles. The lowest BCUT2D eigenvalue weighted by atomic mass is 10.0. The molecule has 1 N–H and O–H groups in total. The van der Waals surface area contributed by atoms with Crippen LogP contribution in [0.25, 0.3) is 5.70 Å². The monoisotopic (exact) mass is 408 g/mol. The van der Waals surface area contributed by atoms with Crippen LogP contribution in [-0.2, 0) is 0 Å². The van der Waals surface area contributed by atoms with Gasteiger partial charge in [0.15, 0.2) is 0 Å². The minimum atomic E-state index is -0.271. The van der Waals surface area contributed by atoms with Crippen LogP contribution in [0.15, 0.2) is 54.9 Å². The average Bonchev–Trinajstić information content (AvgIpc) is 3.25. The maximum Gasteiger partial charge on any atom is 0.226 e. The second-order valence-electron chi connectivity index (χ2n) is 7.08. The molecule has 2 aromatic carbocycles. The van der Waals surface area contributed by atoms with Gasteiger partial charge in [-0.15, -0.1) is 0 Å². The van der Waals surface area contributed by atoms with E-state index in [0.29, 0.717) is 19.2 Å². The van der Waals surface area contributed by atoms with Gasteiger partial charge in [-0.3, -0.25) is 0 Å². The molecule has 6 nitrogen and oxygen atoms in total. The van der Waals surface area contributed by atoms with Crippen molar-refractivity contribution in [3.05, 3.63) is 71.8 Å². The molecule has 1 aromatic heterocycles. The molecule has 0 unspecified atom stereocenters. The number of anilines is 1. The molecule has 0 spiro atoms. The van der Waals surface area contributed by atoms with Gasteiger partial charge in [0.25, 0.3) is 0 Å². The Hall–Kier alpha value is -3.35. The summed E-state index contributed by atoms with van der Waals surface area (Å²) in [6.45, 7) is 5.41. The first kappa shape index (κ1) is 19.9. The molecule has 1 aliphatic heterocycles. The van der Waals surface area contributed by atoms with E-state index in [-0.39, 0.29) is 11.9 Å². The Morgan fingerprint density at radius 3 is 2.57 bits per heavy atom. The Balaban J connectivity index is 1.75. The minimum absolute atomic E-state index is 0.226. The van der Waals surface area contributed by atoms with Crippen LogP contribution in [0.2, 0.25) is 0 Å². The van der Waals surface area contributed by atoms with Gasteiger partial charge in [0, 0.05) is 17.3 Å². The molecule has 0 radical (unpaired) electrons. The fourth-order valence-electron chi connectivity index (χ4n) is 3.36. The predicted octanol–water partition coefficient (Wildman–Crippen LogP) is 5.05. The van der Waals surface area contributed by atoms with Crippen LogP contribution in [-0.4, -0.2) is 28.0 Å². The standard InChI is InChI=1S/C23H25FN4O2/c1-3-11-29-18-9-10-19(22(13-18)30-12-4-2)21-14-20(16-5-7-17(24)8-6-16)27-23-25-15-26-28(21)23/h5-10,13-15,21H,3-4,11-12H2,1-2H3,(H,25,26,27)/t21-/m1/s1. The number of halogens is 1. The van der Waals surface area contributed by atoms with Gasteiger partial charge in [-0.2, -0.15) is 10.1 Å². The zero-order valence-electron chi connectivity index (χ0n) is 17.1. The molecule has 3 aromatic rings. The predicted molar refractivity (Wildman–Crippen MR) is 114 cm³/mol. The van der Waals surface area contributed by atoms with Gasteiger partial charge in [0.2, 0.25) is 5.95 Å². The molecular weight excluding hydrogens is 383 g/mol. The molecule has 0 bridgehead atoms. The normalized spacial score (nSPS) is 15.2.